The highest BCUT2D eigenvalue weighted by atomic mass is 35.5. The first-order valence-electron chi connectivity index (χ1n) is 6.53. The fraction of sp³-hybridized carbons (Fsp3) is 0.571. The molecule has 0 atom stereocenters. The summed E-state index contributed by atoms with van der Waals surface area (Å²) in [6, 6.07) is 3.53. The van der Waals surface area contributed by atoms with Crippen LogP contribution < -0.4 is 10.6 Å². The van der Waals surface area contributed by atoms with Gasteiger partial charge >= 0.3 is 0 Å². The zero-order valence-corrected chi connectivity index (χ0v) is 12.3. The van der Waals surface area contributed by atoms with Gasteiger partial charge in [0.2, 0.25) is 0 Å². The molecule has 0 amide bonds. The SMILES string of the molecule is CN(CC1CCCCC1)c1c(Cl)cc(N)cc1Cl. The first kappa shape index (κ1) is 13.8. The number of benzene rings is 1. The van der Waals surface area contributed by atoms with E-state index in [1.165, 1.54) is 32.1 Å². The number of nitrogens with zero attached hydrogens (tertiary/aromatic N) is 1. The number of nitrogen functional groups attached to an aromatic ring is 1. The van der Waals surface area contributed by atoms with Gasteiger partial charge in [0.15, 0.2) is 0 Å². The molecule has 0 unspecified atom stereocenters. The Hall–Kier alpha value is -0.600. The molecule has 0 radical (unpaired) electrons. The maximum absolute atomic E-state index is 6.24. The Balaban J connectivity index is 2.10. The van der Waals surface area contributed by atoms with Gasteiger partial charge in [0.25, 0.3) is 0 Å². The van der Waals surface area contributed by atoms with E-state index >= 15 is 0 Å². The first-order chi connectivity index (χ1) is 8.58. The summed E-state index contributed by atoms with van der Waals surface area (Å²) in [6.07, 6.45) is 6.70. The van der Waals surface area contributed by atoms with Crippen LogP contribution in [0.5, 0.6) is 0 Å². The fourth-order valence-corrected chi connectivity index (χ4v) is 3.59. The zero-order chi connectivity index (χ0) is 13.1. The van der Waals surface area contributed by atoms with Gasteiger partial charge in [-0.15, -0.1) is 0 Å². The summed E-state index contributed by atoms with van der Waals surface area (Å²) in [4.78, 5) is 2.17. The molecule has 100 valence electrons. The molecule has 0 aliphatic heterocycles. The second-order valence-electron chi connectivity index (χ2n) is 5.22. The van der Waals surface area contributed by atoms with Crippen molar-refractivity contribution in [1.29, 1.82) is 0 Å². The topological polar surface area (TPSA) is 29.3 Å². The molecule has 0 heterocycles. The Morgan fingerprint density at radius 1 is 1.17 bits per heavy atom. The molecule has 1 aromatic rings. The molecule has 18 heavy (non-hydrogen) atoms. The van der Waals surface area contributed by atoms with Crippen LogP contribution in [0.4, 0.5) is 11.4 Å². The lowest BCUT2D eigenvalue weighted by molar-refractivity contribution is 0.362. The Labute approximate surface area is 119 Å². The standard InChI is InChI=1S/C14H20Cl2N2/c1-18(9-10-5-3-2-4-6-10)14-12(15)7-11(17)8-13(14)16/h7-8,10H,2-6,9,17H2,1H3. The van der Waals surface area contributed by atoms with E-state index in [0.29, 0.717) is 15.7 Å². The van der Waals surface area contributed by atoms with Crippen LogP contribution in [0, 0.1) is 5.92 Å². The van der Waals surface area contributed by atoms with E-state index < -0.39 is 0 Å². The summed E-state index contributed by atoms with van der Waals surface area (Å²) in [5, 5.41) is 1.27. The van der Waals surface area contributed by atoms with E-state index in [1.807, 2.05) is 0 Å². The van der Waals surface area contributed by atoms with Crippen molar-refractivity contribution in [3.63, 3.8) is 0 Å². The molecule has 1 aromatic carbocycles. The minimum Gasteiger partial charge on any atom is -0.399 e. The summed E-state index contributed by atoms with van der Waals surface area (Å²) >= 11 is 12.5. The van der Waals surface area contributed by atoms with Crippen LogP contribution in [-0.2, 0) is 0 Å². The average molecular weight is 287 g/mol. The van der Waals surface area contributed by atoms with Crippen LogP contribution in [-0.4, -0.2) is 13.6 Å². The van der Waals surface area contributed by atoms with Crippen LogP contribution >= 0.6 is 23.2 Å². The van der Waals surface area contributed by atoms with E-state index in [0.717, 1.165) is 18.2 Å². The molecule has 0 saturated heterocycles. The minimum atomic E-state index is 0.611. The fourth-order valence-electron chi connectivity index (χ4n) is 2.80. The third kappa shape index (κ3) is 3.24. The van der Waals surface area contributed by atoms with Crippen LogP contribution in [0.15, 0.2) is 12.1 Å². The van der Waals surface area contributed by atoms with Crippen molar-refractivity contribution in [1.82, 2.24) is 0 Å². The average Bonchev–Trinajstić information content (AvgIpc) is 2.28. The summed E-state index contributed by atoms with van der Waals surface area (Å²) in [5.74, 6) is 0.758. The van der Waals surface area contributed by atoms with Crippen LogP contribution in [0.25, 0.3) is 0 Å². The van der Waals surface area contributed by atoms with E-state index in [1.54, 1.807) is 12.1 Å². The monoisotopic (exact) mass is 286 g/mol. The van der Waals surface area contributed by atoms with Crippen LogP contribution in [0.2, 0.25) is 10.0 Å². The molecule has 1 aliphatic rings. The summed E-state index contributed by atoms with van der Waals surface area (Å²) in [6.45, 7) is 1.02. The molecule has 2 rings (SSSR count). The van der Waals surface area contributed by atoms with Gasteiger partial charge in [-0.3, -0.25) is 0 Å². The zero-order valence-electron chi connectivity index (χ0n) is 10.8. The number of hydrogen-bond donors (Lipinski definition) is 1. The van der Waals surface area contributed by atoms with Crippen molar-refractivity contribution < 1.29 is 0 Å². The van der Waals surface area contributed by atoms with Gasteiger partial charge in [0, 0.05) is 19.3 Å². The van der Waals surface area contributed by atoms with E-state index in [2.05, 4.69) is 11.9 Å². The maximum Gasteiger partial charge on any atom is 0.0743 e. The third-order valence-electron chi connectivity index (χ3n) is 3.68. The van der Waals surface area contributed by atoms with Crippen molar-refractivity contribution in [3.8, 4) is 0 Å². The lowest BCUT2D eigenvalue weighted by Gasteiger charge is -2.29. The molecule has 2 nitrogen and oxygen atoms in total. The van der Waals surface area contributed by atoms with E-state index in [-0.39, 0.29) is 0 Å². The Bertz CT molecular complexity index is 391. The molecule has 4 heteroatoms. The van der Waals surface area contributed by atoms with E-state index in [9.17, 15) is 0 Å². The molecule has 1 saturated carbocycles. The quantitative estimate of drug-likeness (QED) is 0.824. The second-order valence-corrected chi connectivity index (χ2v) is 6.03. The largest absolute Gasteiger partial charge is 0.399 e. The third-order valence-corrected chi connectivity index (χ3v) is 4.25. The number of hydrogen-bond acceptors (Lipinski definition) is 2. The predicted octanol–water partition coefficient (Wildman–Crippen LogP) is 4.59. The Kier molecular flexibility index (Phi) is 4.63. The second kappa shape index (κ2) is 6.03. The summed E-state index contributed by atoms with van der Waals surface area (Å²) < 4.78 is 0. The predicted molar refractivity (Wildman–Crippen MR) is 80.7 cm³/mol. The highest BCUT2D eigenvalue weighted by Crippen LogP contribution is 2.36. The van der Waals surface area contributed by atoms with Gasteiger partial charge in [-0.05, 0) is 30.9 Å². The highest BCUT2D eigenvalue weighted by Gasteiger charge is 2.18. The lowest BCUT2D eigenvalue weighted by atomic mass is 9.89. The Morgan fingerprint density at radius 2 is 1.72 bits per heavy atom. The van der Waals surface area contributed by atoms with Gasteiger partial charge in [-0.2, -0.15) is 0 Å². The van der Waals surface area contributed by atoms with Crippen molar-refractivity contribution in [2.24, 2.45) is 5.92 Å². The molecule has 1 aliphatic carbocycles. The van der Waals surface area contributed by atoms with Crippen molar-refractivity contribution in [2.75, 3.05) is 24.2 Å². The van der Waals surface area contributed by atoms with Crippen molar-refractivity contribution in [2.45, 2.75) is 32.1 Å². The smallest absolute Gasteiger partial charge is 0.0743 e. The molecule has 0 spiro atoms. The maximum atomic E-state index is 6.24. The number of halogens is 2. The van der Waals surface area contributed by atoms with Crippen molar-refractivity contribution in [3.05, 3.63) is 22.2 Å². The van der Waals surface area contributed by atoms with Crippen LogP contribution in [0.3, 0.4) is 0 Å². The molecular weight excluding hydrogens is 267 g/mol. The van der Waals surface area contributed by atoms with Gasteiger partial charge in [0.05, 0.1) is 15.7 Å². The van der Waals surface area contributed by atoms with Gasteiger partial charge in [-0.1, -0.05) is 42.5 Å². The van der Waals surface area contributed by atoms with Crippen LogP contribution in [0.1, 0.15) is 32.1 Å². The van der Waals surface area contributed by atoms with Gasteiger partial charge < -0.3 is 10.6 Å². The Morgan fingerprint density at radius 3 is 2.28 bits per heavy atom. The van der Waals surface area contributed by atoms with E-state index in [4.69, 9.17) is 28.9 Å². The van der Waals surface area contributed by atoms with Gasteiger partial charge in [-0.25, -0.2) is 0 Å². The molecule has 1 fully saturated rings. The van der Waals surface area contributed by atoms with Gasteiger partial charge in [0.1, 0.15) is 0 Å². The minimum absolute atomic E-state index is 0.611. The number of rotatable bonds is 3. The first-order valence-corrected chi connectivity index (χ1v) is 7.29. The highest BCUT2D eigenvalue weighted by molar-refractivity contribution is 6.39. The molecular formula is C14H20Cl2N2. The molecule has 2 N–H and O–H groups in total. The molecule has 0 aromatic heterocycles. The molecule has 0 bridgehead atoms. The summed E-state index contributed by atoms with van der Waals surface area (Å²) in [5.41, 5.74) is 7.24. The lowest BCUT2D eigenvalue weighted by Crippen LogP contribution is -2.27. The normalized spacial score (nSPS) is 16.8. The number of anilines is 2. The summed E-state index contributed by atoms with van der Waals surface area (Å²) in [7, 11) is 2.05. The van der Waals surface area contributed by atoms with Crippen molar-refractivity contribution >= 4 is 34.6 Å². The number of nitrogens with two attached hydrogens (primary N) is 1.